The molecule has 3 nitrogen and oxygen atoms in total. The number of hydrogen-bond donors (Lipinski definition) is 1. The van der Waals surface area contributed by atoms with Crippen molar-refractivity contribution in [2.75, 3.05) is 0 Å². The molecule has 0 spiro atoms. The van der Waals surface area contributed by atoms with Crippen LogP contribution in [-0.4, -0.2) is 5.11 Å². The maximum Gasteiger partial charge on any atom is 0.344 e. The van der Waals surface area contributed by atoms with Gasteiger partial charge in [0.2, 0.25) is 0 Å². The SMILES string of the molecule is O=c1oc2ccccc2c2c(Cl)cc(O)cc12. The first-order chi connectivity index (χ1) is 8.16. The highest BCUT2D eigenvalue weighted by Crippen LogP contribution is 2.32. The van der Waals surface area contributed by atoms with Crippen LogP contribution in [0, 0.1) is 0 Å². The van der Waals surface area contributed by atoms with E-state index in [1.54, 1.807) is 12.1 Å². The van der Waals surface area contributed by atoms with Crippen LogP contribution in [0.25, 0.3) is 21.7 Å². The highest BCUT2D eigenvalue weighted by atomic mass is 35.5. The quantitative estimate of drug-likeness (QED) is 0.489. The molecule has 0 fully saturated rings. The van der Waals surface area contributed by atoms with E-state index in [4.69, 9.17) is 16.0 Å². The molecule has 3 aromatic rings. The molecule has 0 aliphatic heterocycles. The molecule has 0 unspecified atom stereocenters. The third-order valence-electron chi connectivity index (χ3n) is 2.65. The summed E-state index contributed by atoms with van der Waals surface area (Å²) in [4.78, 5) is 11.8. The maximum absolute atomic E-state index is 11.8. The van der Waals surface area contributed by atoms with Crippen LogP contribution in [0.4, 0.5) is 0 Å². The standard InChI is InChI=1S/C13H7ClO3/c14-10-6-7(15)5-9-12(10)8-3-1-2-4-11(8)17-13(9)16/h1-6,15H. The summed E-state index contributed by atoms with van der Waals surface area (Å²) in [5.41, 5.74) is -0.0194. The highest BCUT2D eigenvalue weighted by Gasteiger charge is 2.11. The van der Waals surface area contributed by atoms with E-state index in [0.29, 0.717) is 16.0 Å². The Morgan fingerprint density at radius 3 is 2.71 bits per heavy atom. The zero-order valence-electron chi connectivity index (χ0n) is 8.61. The second-order valence-electron chi connectivity index (χ2n) is 3.74. The molecule has 0 aliphatic carbocycles. The molecule has 1 heterocycles. The third-order valence-corrected chi connectivity index (χ3v) is 2.95. The van der Waals surface area contributed by atoms with E-state index in [-0.39, 0.29) is 11.1 Å². The summed E-state index contributed by atoms with van der Waals surface area (Å²) in [5.74, 6) is -0.0509. The van der Waals surface area contributed by atoms with Gasteiger partial charge >= 0.3 is 5.63 Å². The van der Waals surface area contributed by atoms with E-state index < -0.39 is 5.63 Å². The van der Waals surface area contributed by atoms with Crippen LogP contribution >= 0.6 is 11.6 Å². The summed E-state index contributed by atoms with van der Waals surface area (Å²) in [6.07, 6.45) is 0. The fourth-order valence-corrected chi connectivity index (χ4v) is 2.26. The lowest BCUT2D eigenvalue weighted by Crippen LogP contribution is -1.99. The topological polar surface area (TPSA) is 50.4 Å². The molecule has 0 bridgehead atoms. The van der Waals surface area contributed by atoms with E-state index in [2.05, 4.69) is 0 Å². The van der Waals surface area contributed by atoms with Gasteiger partial charge in [-0.1, -0.05) is 29.8 Å². The second kappa shape index (κ2) is 3.50. The van der Waals surface area contributed by atoms with Crippen molar-refractivity contribution in [1.82, 2.24) is 0 Å². The molecule has 1 aromatic heterocycles. The fraction of sp³-hybridized carbons (Fsp3) is 0. The third kappa shape index (κ3) is 1.47. The van der Waals surface area contributed by atoms with Crippen LogP contribution < -0.4 is 5.63 Å². The normalized spacial score (nSPS) is 11.1. The predicted molar refractivity (Wildman–Crippen MR) is 66.7 cm³/mol. The van der Waals surface area contributed by atoms with Crippen molar-refractivity contribution in [3.8, 4) is 5.75 Å². The van der Waals surface area contributed by atoms with E-state index in [1.165, 1.54) is 12.1 Å². The molecule has 1 N–H and O–H groups in total. The summed E-state index contributed by atoms with van der Waals surface area (Å²) >= 11 is 6.07. The average molecular weight is 247 g/mol. The van der Waals surface area contributed by atoms with Gasteiger partial charge in [0.15, 0.2) is 0 Å². The lowest BCUT2D eigenvalue weighted by Gasteiger charge is -2.04. The highest BCUT2D eigenvalue weighted by molar-refractivity contribution is 6.37. The molecule has 0 amide bonds. The van der Waals surface area contributed by atoms with Crippen molar-refractivity contribution in [3.63, 3.8) is 0 Å². The number of phenols is 1. The Kier molecular flexibility index (Phi) is 2.09. The van der Waals surface area contributed by atoms with E-state index in [0.717, 1.165) is 5.39 Å². The van der Waals surface area contributed by atoms with Crippen molar-refractivity contribution in [2.24, 2.45) is 0 Å². The van der Waals surface area contributed by atoms with Gasteiger partial charge in [0.25, 0.3) is 0 Å². The zero-order chi connectivity index (χ0) is 12.0. The molecule has 17 heavy (non-hydrogen) atoms. The number of phenolic OH excluding ortho intramolecular Hbond substituents is 1. The summed E-state index contributed by atoms with van der Waals surface area (Å²) in [6.45, 7) is 0. The number of aromatic hydroxyl groups is 1. The smallest absolute Gasteiger partial charge is 0.344 e. The van der Waals surface area contributed by atoms with E-state index >= 15 is 0 Å². The van der Waals surface area contributed by atoms with Crippen molar-refractivity contribution < 1.29 is 9.52 Å². The minimum absolute atomic E-state index is 0.0509. The van der Waals surface area contributed by atoms with Crippen LogP contribution in [-0.2, 0) is 0 Å². The fourth-order valence-electron chi connectivity index (χ4n) is 1.94. The van der Waals surface area contributed by atoms with Gasteiger partial charge in [-0.2, -0.15) is 0 Å². The monoisotopic (exact) mass is 246 g/mol. The average Bonchev–Trinajstić information content (AvgIpc) is 2.29. The molecule has 0 saturated carbocycles. The second-order valence-corrected chi connectivity index (χ2v) is 4.14. The van der Waals surface area contributed by atoms with Crippen LogP contribution in [0.3, 0.4) is 0 Å². The Bertz CT molecular complexity index is 790. The zero-order valence-corrected chi connectivity index (χ0v) is 9.36. The molecule has 0 aliphatic rings. The molecule has 2 aromatic carbocycles. The van der Waals surface area contributed by atoms with Crippen LogP contribution in [0.15, 0.2) is 45.6 Å². The predicted octanol–water partition coefficient (Wildman–Crippen LogP) is 3.31. The van der Waals surface area contributed by atoms with Gasteiger partial charge in [0.05, 0.1) is 10.4 Å². The van der Waals surface area contributed by atoms with Crippen molar-refractivity contribution in [2.45, 2.75) is 0 Å². The number of para-hydroxylation sites is 1. The van der Waals surface area contributed by atoms with Gasteiger partial charge in [-0.25, -0.2) is 4.79 Å². The van der Waals surface area contributed by atoms with Crippen LogP contribution in [0.1, 0.15) is 0 Å². The number of benzene rings is 2. The van der Waals surface area contributed by atoms with Crippen molar-refractivity contribution in [3.05, 3.63) is 51.8 Å². The minimum Gasteiger partial charge on any atom is -0.508 e. The number of rotatable bonds is 0. The van der Waals surface area contributed by atoms with Crippen molar-refractivity contribution in [1.29, 1.82) is 0 Å². The Balaban J connectivity index is 2.70. The summed E-state index contributed by atoms with van der Waals surface area (Å²) < 4.78 is 5.16. The van der Waals surface area contributed by atoms with E-state index in [9.17, 15) is 9.90 Å². The first kappa shape index (κ1) is 10.2. The van der Waals surface area contributed by atoms with E-state index in [1.807, 2.05) is 12.1 Å². The molecule has 84 valence electrons. The summed E-state index contributed by atoms with van der Waals surface area (Å²) in [6, 6.07) is 9.93. The molecule has 0 saturated heterocycles. The van der Waals surface area contributed by atoms with Gasteiger partial charge in [0.1, 0.15) is 11.3 Å². The molecule has 3 rings (SSSR count). The Morgan fingerprint density at radius 2 is 1.88 bits per heavy atom. The van der Waals surface area contributed by atoms with Gasteiger partial charge < -0.3 is 9.52 Å². The first-order valence-corrected chi connectivity index (χ1v) is 5.38. The summed E-state index contributed by atoms with van der Waals surface area (Å²) in [5, 5.41) is 11.4. The summed E-state index contributed by atoms with van der Waals surface area (Å²) in [7, 11) is 0. The molecule has 4 heteroatoms. The van der Waals surface area contributed by atoms with Crippen LogP contribution in [0.5, 0.6) is 5.75 Å². The Morgan fingerprint density at radius 1 is 1.12 bits per heavy atom. The molecule has 0 radical (unpaired) electrons. The molecule has 0 atom stereocenters. The van der Waals surface area contributed by atoms with Crippen LogP contribution in [0.2, 0.25) is 5.02 Å². The van der Waals surface area contributed by atoms with Gasteiger partial charge in [-0.15, -0.1) is 0 Å². The van der Waals surface area contributed by atoms with Gasteiger partial charge in [-0.3, -0.25) is 0 Å². The van der Waals surface area contributed by atoms with Gasteiger partial charge in [0, 0.05) is 10.8 Å². The number of hydrogen-bond acceptors (Lipinski definition) is 3. The minimum atomic E-state index is -0.503. The largest absolute Gasteiger partial charge is 0.508 e. The Labute approximate surface area is 101 Å². The number of halogens is 1. The molecular formula is C13H7ClO3. The first-order valence-electron chi connectivity index (χ1n) is 5.01. The number of fused-ring (bicyclic) bond motifs is 3. The Hall–Kier alpha value is -2.00. The molecular weight excluding hydrogens is 240 g/mol. The van der Waals surface area contributed by atoms with Crippen molar-refractivity contribution >= 4 is 33.3 Å². The lowest BCUT2D eigenvalue weighted by molar-refractivity contribution is 0.475. The van der Waals surface area contributed by atoms with Gasteiger partial charge in [-0.05, 0) is 18.2 Å². The maximum atomic E-state index is 11.8. The lowest BCUT2D eigenvalue weighted by atomic mass is 10.1.